The number of carbonyl (C=O) groups excluding carboxylic acids is 2. The number of carboxylic acid groups (broad SMARTS) is 1. The molecule has 0 radical (unpaired) electrons. The van der Waals surface area contributed by atoms with Crippen LogP contribution in [0.4, 0.5) is 4.79 Å². The quantitative estimate of drug-likeness (QED) is 0.619. The third-order valence-corrected chi connectivity index (χ3v) is 1.91. The van der Waals surface area contributed by atoms with Crippen molar-refractivity contribution in [2.24, 2.45) is 0 Å². The van der Waals surface area contributed by atoms with E-state index in [1.54, 1.807) is 13.8 Å². The van der Waals surface area contributed by atoms with E-state index in [9.17, 15) is 14.4 Å². The van der Waals surface area contributed by atoms with E-state index in [0.717, 1.165) is 4.90 Å². The highest BCUT2D eigenvalue weighted by Gasteiger charge is 2.14. The van der Waals surface area contributed by atoms with Crippen molar-refractivity contribution < 1.29 is 24.2 Å². The van der Waals surface area contributed by atoms with Crippen molar-refractivity contribution >= 4 is 18.0 Å². The lowest BCUT2D eigenvalue weighted by molar-refractivity contribution is -0.143. The number of rotatable bonds is 7. The molecule has 2 amide bonds. The maximum absolute atomic E-state index is 11.4. The molecule has 0 aromatic heterocycles. The number of likely N-dealkylation sites (N-methyl/N-ethyl adjacent to an activating group) is 1. The summed E-state index contributed by atoms with van der Waals surface area (Å²) < 4.78 is 4.68. The monoisotopic (exact) mass is 246 g/mol. The molecule has 2 N–H and O–H groups in total. The molecule has 0 aliphatic rings. The van der Waals surface area contributed by atoms with Crippen LogP contribution in [0.1, 0.15) is 20.3 Å². The van der Waals surface area contributed by atoms with Crippen LogP contribution >= 0.6 is 0 Å². The largest absolute Gasteiger partial charge is 0.480 e. The van der Waals surface area contributed by atoms with Gasteiger partial charge >= 0.3 is 18.0 Å². The SMILES string of the molecule is CCOC(=O)CCNC(=O)N(CC)CC(=O)O. The Kier molecular flexibility index (Phi) is 7.49. The Bertz CT molecular complexity index is 280. The van der Waals surface area contributed by atoms with Crippen LogP contribution < -0.4 is 5.32 Å². The molecule has 17 heavy (non-hydrogen) atoms. The molecule has 0 fully saturated rings. The number of hydrogen-bond acceptors (Lipinski definition) is 4. The van der Waals surface area contributed by atoms with E-state index in [1.807, 2.05) is 0 Å². The highest BCUT2D eigenvalue weighted by Crippen LogP contribution is 1.90. The van der Waals surface area contributed by atoms with Gasteiger partial charge in [-0.2, -0.15) is 0 Å². The lowest BCUT2D eigenvalue weighted by Gasteiger charge is -2.18. The average molecular weight is 246 g/mol. The first-order chi connectivity index (χ1) is 8.01. The highest BCUT2D eigenvalue weighted by atomic mass is 16.5. The van der Waals surface area contributed by atoms with Gasteiger partial charge in [-0.05, 0) is 13.8 Å². The van der Waals surface area contributed by atoms with E-state index in [1.165, 1.54) is 0 Å². The molecular formula is C10H18N2O5. The number of nitrogens with one attached hydrogen (secondary N) is 1. The minimum atomic E-state index is -1.08. The summed E-state index contributed by atoms with van der Waals surface area (Å²) in [5.41, 5.74) is 0. The molecule has 0 saturated heterocycles. The summed E-state index contributed by atoms with van der Waals surface area (Å²) in [7, 11) is 0. The summed E-state index contributed by atoms with van der Waals surface area (Å²) in [4.78, 5) is 34.0. The van der Waals surface area contributed by atoms with Crippen LogP contribution in [0.25, 0.3) is 0 Å². The van der Waals surface area contributed by atoms with Crippen LogP contribution in [-0.2, 0) is 14.3 Å². The number of hydrogen-bond donors (Lipinski definition) is 2. The standard InChI is InChI=1S/C10H18N2O5/c1-3-12(7-8(13)14)10(16)11-6-5-9(15)17-4-2/h3-7H2,1-2H3,(H,11,16)(H,13,14). The fourth-order valence-electron chi connectivity index (χ4n) is 1.11. The van der Waals surface area contributed by atoms with E-state index in [0.29, 0.717) is 6.61 Å². The number of aliphatic carboxylic acids is 1. The molecule has 0 aliphatic carbocycles. The minimum absolute atomic E-state index is 0.0736. The molecule has 0 saturated carbocycles. The van der Waals surface area contributed by atoms with Crippen molar-refractivity contribution in [2.45, 2.75) is 20.3 Å². The lowest BCUT2D eigenvalue weighted by Crippen LogP contribution is -2.43. The zero-order valence-electron chi connectivity index (χ0n) is 10.1. The Morgan fingerprint density at radius 2 is 1.94 bits per heavy atom. The van der Waals surface area contributed by atoms with E-state index in [-0.39, 0.29) is 26.1 Å². The Morgan fingerprint density at radius 3 is 2.41 bits per heavy atom. The molecule has 0 aromatic carbocycles. The van der Waals surface area contributed by atoms with E-state index >= 15 is 0 Å². The summed E-state index contributed by atoms with van der Waals surface area (Å²) in [6.45, 7) is 3.73. The summed E-state index contributed by atoms with van der Waals surface area (Å²) in [6, 6.07) is -0.501. The topological polar surface area (TPSA) is 95.9 Å². The van der Waals surface area contributed by atoms with Gasteiger partial charge in [-0.25, -0.2) is 4.79 Å². The fraction of sp³-hybridized carbons (Fsp3) is 0.700. The van der Waals surface area contributed by atoms with Crippen LogP contribution in [0.3, 0.4) is 0 Å². The van der Waals surface area contributed by atoms with Crippen molar-refractivity contribution in [3.8, 4) is 0 Å². The molecular weight excluding hydrogens is 228 g/mol. The van der Waals surface area contributed by atoms with E-state index in [2.05, 4.69) is 10.1 Å². The van der Waals surface area contributed by atoms with Crippen molar-refractivity contribution in [1.29, 1.82) is 0 Å². The van der Waals surface area contributed by atoms with Crippen LogP contribution in [0.2, 0.25) is 0 Å². The second kappa shape index (κ2) is 8.37. The van der Waals surface area contributed by atoms with Gasteiger partial charge < -0.3 is 20.1 Å². The molecule has 98 valence electrons. The first-order valence-corrected chi connectivity index (χ1v) is 5.41. The molecule has 0 aromatic rings. The average Bonchev–Trinajstić information content (AvgIpc) is 2.25. The second-order valence-electron chi connectivity index (χ2n) is 3.19. The molecule has 7 heteroatoms. The lowest BCUT2D eigenvalue weighted by atomic mass is 10.4. The maximum Gasteiger partial charge on any atom is 0.323 e. The van der Waals surface area contributed by atoms with Crippen LogP contribution in [-0.4, -0.2) is 54.2 Å². The summed E-state index contributed by atoms with van der Waals surface area (Å²) in [6.07, 6.45) is 0.0736. The van der Waals surface area contributed by atoms with Gasteiger partial charge in [-0.15, -0.1) is 0 Å². The zero-order valence-corrected chi connectivity index (χ0v) is 10.1. The van der Waals surface area contributed by atoms with Gasteiger partial charge in [0.1, 0.15) is 6.54 Å². The van der Waals surface area contributed by atoms with Gasteiger partial charge in [-0.1, -0.05) is 0 Å². The van der Waals surface area contributed by atoms with E-state index in [4.69, 9.17) is 5.11 Å². The molecule has 0 aliphatic heterocycles. The second-order valence-corrected chi connectivity index (χ2v) is 3.19. The summed E-state index contributed by atoms with van der Waals surface area (Å²) >= 11 is 0. The molecule has 0 bridgehead atoms. The third kappa shape index (κ3) is 7.15. The molecule has 0 unspecified atom stereocenters. The van der Waals surface area contributed by atoms with Gasteiger partial charge in [0, 0.05) is 13.1 Å². The number of ether oxygens (including phenoxy) is 1. The smallest absolute Gasteiger partial charge is 0.323 e. The Balaban J connectivity index is 3.90. The Morgan fingerprint density at radius 1 is 1.29 bits per heavy atom. The minimum Gasteiger partial charge on any atom is -0.480 e. The Hall–Kier alpha value is -1.79. The predicted molar refractivity (Wildman–Crippen MR) is 59.5 cm³/mol. The maximum atomic E-state index is 11.4. The summed E-state index contributed by atoms with van der Waals surface area (Å²) in [5, 5.41) is 11.0. The molecule has 0 atom stereocenters. The number of carboxylic acids is 1. The van der Waals surface area contributed by atoms with Crippen LogP contribution in [0, 0.1) is 0 Å². The number of amides is 2. The molecule has 0 spiro atoms. The van der Waals surface area contributed by atoms with Crippen molar-refractivity contribution in [2.75, 3.05) is 26.2 Å². The van der Waals surface area contributed by atoms with E-state index < -0.39 is 18.0 Å². The zero-order chi connectivity index (χ0) is 13.3. The Labute approximate surface area is 99.7 Å². The van der Waals surface area contributed by atoms with Gasteiger partial charge in [0.15, 0.2) is 0 Å². The molecule has 0 heterocycles. The number of nitrogens with zero attached hydrogens (tertiary/aromatic N) is 1. The highest BCUT2D eigenvalue weighted by molar-refractivity contribution is 5.80. The normalized spacial score (nSPS) is 9.53. The molecule has 7 nitrogen and oxygen atoms in total. The van der Waals surface area contributed by atoms with Crippen molar-refractivity contribution in [3.05, 3.63) is 0 Å². The van der Waals surface area contributed by atoms with Crippen LogP contribution in [0.15, 0.2) is 0 Å². The van der Waals surface area contributed by atoms with Crippen LogP contribution in [0.5, 0.6) is 0 Å². The summed E-state index contributed by atoms with van der Waals surface area (Å²) in [5.74, 6) is -1.47. The predicted octanol–water partition coefficient (Wildman–Crippen LogP) is 0.0557. The molecule has 0 rings (SSSR count). The van der Waals surface area contributed by atoms with Gasteiger partial charge in [0.2, 0.25) is 0 Å². The van der Waals surface area contributed by atoms with Gasteiger partial charge in [0.05, 0.1) is 13.0 Å². The van der Waals surface area contributed by atoms with Crippen molar-refractivity contribution in [1.82, 2.24) is 10.2 Å². The van der Waals surface area contributed by atoms with Gasteiger partial charge in [-0.3, -0.25) is 9.59 Å². The third-order valence-electron chi connectivity index (χ3n) is 1.91. The van der Waals surface area contributed by atoms with Gasteiger partial charge in [0.25, 0.3) is 0 Å². The first kappa shape index (κ1) is 15.2. The number of urea groups is 1. The number of esters is 1. The number of carbonyl (C=O) groups is 3. The fourth-order valence-corrected chi connectivity index (χ4v) is 1.11. The first-order valence-electron chi connectivity index (χ1n) is 5.41. The van der Waals surface area contributed by atoms with Crippen molar-refractivity contribution in [3.63, 3.8) is 0 Å².